The van der Waals surface area contributed by atoms with Gasteiger partial charge in [0.1, 0.15) is 11.9 Å². The summed E-state index contributed by atoms with van der Waals surface area (Å²) >= 11 is 0. The molecule has 0 saturated heterocycles. The van der Waals surface area contributed by atoms with Gasteiger partial charge in [0.2, 0.25) is 0 Å². The molecule has 7 rings (SSSR count). The number of rotatable bonds is 9. The summed E-state index contributed by atoms with van der Waals surface area (Å²) in [5.74, 6) is 1.06. The Morgan fingerprint density at radius 1 is 0.906 bits per heavy atom. The minimum atomic E-state index is -0.817. The number of aryl methyl sites for hydroxylation is 2. The largest absolute Gasteiger partial charge is 0.481 e. The van der Waals surface area contributed by atoms with E-state index < -0.39 is 17.3 Å². The molecule has 6 aliphatic carbocycles. The van der Waals surface area contributed by atoms with Crippen molar-refractivity contribution in [1.29, 1.82) is 0 Å². The number of aliphatic carboxylic acids is 1. The normalized spacial score (nSPS) is 41.2. The molecule has 53 heavy (non-hydrogen) atoms. The Labute approximate surface area is 318 Å². The zero-order valence-corrected chi connectivity index (χ0v) is 34.7. The monoisotopic (exact) mass is 733 g/mol. The number of nitrogens with zero attached hydrogens (tertiary/aromatic N) is 1. The number of hydrogen-bond donors (Lipinski definition) is 2. The molecule has 1 heterocycles. The average molecular weight is 733 g/mol. The van der Waals surface area contributed by atoms with E-state index in [9.17, 15) is 19.5 Å². The van der Waals surface area contributed by atoms with Gasteiger partial charge in [-0.15, -0.1) is 0 Å². The van der Waals surface area contributed by atoms with Crippen LogP contribution in [0, 0.1) is 81.8 Å². The highest BCUT2D eigenvalue weighted by atomic mass is 16.5. The lowest BCUT2D eigenvalue weighted by molar-refractivity contribution is -0.236. The standard InChI is InChI=1S/C45H68N2O6/c1-25(2)36-32(48)23-45(20-21-46-24-28-26(3)47-53-27(28)4)19-18-43(10)29(37(36)45)12-13-34-42(9)16-15-35(41(7,8)33(42)14-17-44(34,43)11)52-39(51)31-22-30(38(49)50)40(31,5)6/h25,29-31,33-35,46H,12-24H2,1-11H3,(H,49,50)/t29-,30+,31-,33+,34-,35+,42+,43-,44-,45-/m1/s1. The van der Waals surface area contributed by atoms with E-state index in [1.165, 1.54) is 12.0 Å². The first-order valence-electron chi connectivity index (χ1n) is 21.0. The van der Waals surface area contributed by atoms with Crippen molar-refractivity contribution in [2.24, 2.45) is 68.0 Å². The van der Waals surface area contributed by atoms with Gasteiger partial charge in [0, 0.05) is 29.4 Å². The highest BCUT2D eigenvalue weighted by Gasteiger charge is 2.70. The minimum absolute atomic E-state index is 0.0552. The van der Waals surface area contributed by atoms with Crippen LogP contribution in [0.2, 0.25) is 0 Å². The van der Waals surface area contributed by atoms with Gasteiger partial charge in [-0.2, -0.15) is 0 Å². The quantitative estimate of drug-likeness (QED) is 0.191. The number of carbonyl (C=O) groups excluding carboxylic acids is 2. The number of fused-ring (bicyclic) bond motifs is 7. The molecule has 0 unspecified atom stereocenters. The second-order valence-electron chi connectivity index (χ2n) is 21.0. The Morgan fingerprint density at radius 3 is 2.25 bits per heavy atom. The van der Waals surface area contributed by atoms with Gasteiger partial charge in [-0.05, 0) is 136 Å². The third-order valence-electron chi connectivity index (χ3n) is 17.9. The van der Waals surface area contributed by atoms with E-state index in [1.54, 1.807) is 0 Å². The van der Waals surface area contributed by atoms with Crippen LogP contribution in [0.4, 0.5) is 0 Å². The lowest BCUT2D eigenvalue weighted by Gasteiger charge is -2.72. The molecule has 8 nitrogen and oxygen atoms in total. The number of Topliss-reactive ketones (excluding diaryl/α,β-unsaturated/α-hetero) is 1. The van der Waals surface area contributed by atoms with Gasteiger partial charge in [0.15, 0.2) is 5.78 Å². The molecule has 6 aliphatic rings. The van der Waals surface area contributed by atoms with Crippen molar-refractivity contribution >= 4 is 17.7 Å². The molecule has 0 spiro atoms. The van der Waals surface area contributed by atoms with Crippen LogP contribution in [0.3, 0.4) is 0 Å². The number of aromatic nitrogens is 1. The molecule has 294 valence electrons. The van der Waals surface area contributed by atoms with Crippen molar-refractivity contribution < 1.29 is 28.8 Å². The lowest BCUT2D eigenvalue weighted by atomic mass is 9.33. The van der Waals surface area contributed by atoms with Gasteiger partial charge in [-0.1, -0.05) is 73.0 Å². The van der Waals surface area contributed by atoms with E-state index in [0.717, 1.165) is 87.0 Å². The SMILES string of the molecule is Cc1noc(C)c1CNCC[C@@]12CC[C@]3(C)[C@H](CC[C@@H]4[C@@]5(C)CC[C@H](OC(=O)[C@H]6C[C@@H](C(=O)O)C6(C)C)C(C)(C)[C@@H]5CC[C@]43C)C1=C(C(C)C)C(=O)C2. The van der Waals surface area contributed by atoms with Crippen molar-refractivity contribution in [2.75, 3.05) is 6.54 Å². The van der Waals surface area contributed by atoms with Crippen LogP contribution in [0.5, 0.6) is 0 Å². The smallest absolute Gasteiger partial charge is 0.309 e. The Kier molecular flexibility index (Phi) is 9.35. The first-order valence-corrected chi connectivity index (χ1v) is 21.0. The fourth-order valence-corrected chi connectivity index (χ4v) is 14.5. The van der Waals surface area contributed by atoms with Gasteiger partial charge in [-0.25, -0.2) is 0 Å². The first-order chi connectivity index (χ1) is 24.7. The molecule has 0 aliphatic heterocycles. The summed E-state index contributed by atoms with van der Waals surface area (Å²) in [6.07, 6.45) is 10.6. The number of ketones is 1. The molecule has 1 aromatic heterocycles. The maximum Gasteiger partial charge on any atom is 0.309 e. The number of allylic oxidation sites excluding steroid dienone is 2. The van der Waals surface area contributed by atoms with Crippen molar-refractivity contribution in [3.8, 4) is 0 Å². The Bertz CT molecular complexity index is 1680. The van der Waals surface area contributed by atoms with Crippen LogP contribution in [0.1, 0.15) is 150 Å². The van der Waals surface area contributed by atoms with Crippen molar-refractivity contribution in [3.05, 3.63) is 28.2 Å². The number of carboxylic acid groups (broad SMARTS) is 1. The van der Waals surface area contributed by atoms with Crippen LogP contribution >= 0.6 is 0 Å². The molecule has 5 fully saturated rings. The summed E-state index contributed by atoms with van der Waals surface area (Å²) in [4.78, 5) is 39.4. The number of ether oxygens (including phenoxy) is 1. The van der Waals surface area contributed by atoms with Gasteiger partial charge < -0.3 is 19.7 Å². The number of carbonyl (C=O) groups is 3. The average Bonchev–Trinajstić information content (AvgIpc) is 3.54. The first kappa shape index (κ1) is 38.8. The van der Waals surface area contributed by atoms with E-state index in [4.69, 9.17) is 9.26 Å². The molecule has 8 heteroatoms. The Hall–Kier alpha value is -2.48. The number of nitrogens with one attached hydrogen (secondary N) is 1. The zero-order valence-electron chi connectivity index (χ0n) is 34.7. The topological polar surface area (TPSA) is 119 Å². The van der Waals surface area contributed by atoms with Crippen molar-refractivity contribution in [1.82, 2.24) is 10.5 Å². The van der Waals surface area contributed by atoms with E-state index >= 15 is 0 Å². The van der Waals surface area contributed by atoms with Gasteiger partial charge in [0.05, 0.1) is 17.5 Å². The Morgan fingerprint density at radius 2 is 1.62 bits per heavy atom. The fourth-order valence-electron chi connectivity index (χ4n) is 14.5. The molecule has 5 saturated carbocycles. The summed E-state index contributed by atoms with van der Waals surface area (Å²) in [5, 5.41) is 17.5. The molecule has 0 radical (unpaired) electrons. The molecule has 10 atom stereocenters. The minimum Gasteiger partial charge on any atom is -0.481 e. The molecule has 0 aromatic carbocycles. The third-order valence-corrected chi connectivity index (χ3v) is 17.9. The predicted octanol–water partition coefficient (Wildman–Crippen LogP) is 9.41. The predicted molar refractivity (Wildman–Crippen MR) is 205 cm³/mol. The number of carboxylic acids is 1. The molecule has 0 bridgehead atoms. The van der Waals surface area contributed by atoms with Crippen molar-refractivity contribution in [3.63, 3.8) is 0 Å². The van der Waals surface area contributed by atoms with E-state index in [0.29, 0.717) is 36.4 Å². The summed E-state index contributed by atoms with van der Waals surface area (Å²) in [6, 6.07) is 0. The molecular weight excluding hydrogens is 665 g/mol. The summed E-state index contributed by atoms with van der Waals surface area (Å²) in [5.41, 5.74) is 4.36. The van der Waals surface area contributed by atoms with Gasteiger partial charge in [-0.3, -0.25) is 14.4 Å². The van der Waals surface area contributed by atoms with Crippen molar-refractivity contribution in [2.45, 2.75) is 159 Å². The fraction of sp³-hybridized carbons (Fsp3) is 0.822. The molecule has 0 amide bonds. The summed E-state index contributed by atoms with van der Waals surface area (Å²) in [6.45, 7) is 26.4. The van der Waals surface area contributed by atoms with Crippen LogP contribution in [0.25, 0.3) is 0 Å². The highest BCUT2D eigenvalue weighted by molar-refractivity contribution is 6.00. The maximum absolute atomic E-state index is 14.0. The summed E-state index contributed by atoms with van der Waals surface area (Å²) < 4.78 is 11.8. The van der Waals surface area contributed by atoms with Crippen LogP contribution < -0.4 is 5.32 Å². The van der Waals surface area contributed by atoms with E-state index in [1.807, 2.05) is 27.7 Å². The maximum atomic E-state index is 14.0. The third kappa shape index (κ3) is 5.51. The van der Waals surface area contributed by atoms with Gasteiger partial charge >= 0.3 is 11.9 Å². The molecule has 1 aromatic rings. The second kappa shape index (κ2) is 12.8. The summed E-state index contributed by atoms with van der Waals surface area (Å²) in [7, 11) is 0. The van der Waals surface area contributed by atoms with Crippen LogP contribution in [-0.4, -0.2) is 40.6 Å². The van der Waals surface area contributed by atoms with Gasteiger partial charge in [0.25, 0.3) is 0 Å². The van der Waals surface area contributed by atoms with E-state index in [2.05, 4.69) is 58.9 Å². The molecular formula is C45H68N2O6. The lowest BCUT2D eigenvalue weighted by Crippen LogP contribution is -2.66. The molecule has 2 N–H and O–H groups in total. The zero-order chi connectivity index (χ0) is 38.7. The Balaban J connectivity index is 1.11. The highest BCUT2D eigenvalue weighted by Crippen LogP contribution is 2.77. The van der Waals surface area contributed by atoms with E-state index in [-0.39, 0.29) is 51.0 Å². The van der Waals surface area contributed by atoms with Crippen LogP contribution in [-0.2, 0) is 25.7 Å². The van der Waals surface area contributed by atoms with Crippen LogP contribution in [0.15, 0.2) is 15.7 Å². The number of esters is 1. The number of hydrogen-bond acceptors (Lipinski definition) is 7. The second-order valence-corrected chi connectivity index (χ2v) is 21.0.